The van der Waals surface area contributed by atoms with Crippen molar-refractivity contribution >= 4 is 47.4 Å². The van der Waals surface area contributed by atoms with Crippen LogP contribution in [0, 0.1) is 0 Å². The van der Waals surface area contributed by atoms with Gasteiger partial charge >= 0.3 is 5.69 Å². The number of aryl methyl sites for hydroxylation is 2. The van der Waals surface area contributed by atoms with Crippen LogP contribution in [0.4, 0.5) is 5.82 Å². The second kappa shape index (κ2) is 11.9. The number of guanidine groups is 1. The second-order valence-electron chi connectivity index (χ2n) is 8.03. The van der Waals surface area contributed by atoms with Crippen LogP contribution < -0.4 is 21.2 Å². The van der Waals surface area contributed by atoms with Crippen LogP contribution in [0.1, 0.15) is 38.4 Å². The molecule has 11 heteroatoms. The molecular weight excluding hydrogens is 543 g/mol. The highest BCUT2D eigenvalue weighted by Crippen LogP contribution is 2.25. The summed E-state index contributed by atoms with van der Waals surface area (Å²) in [6.07, 6.45) is 6.61. The van der Waals surface area contributed by atoms with E-state index >= 15 is 0 Å². The highest BCUT2D eigenvalue weighted by molar-refractivity contribution is 14.0. The summed E-state index contributed by atoms with van der Waals surface area (Å²) in [5, 5.41) is 12.0. The van der Waals surface area contributed by atoms with E-state index in [1.165, 1.54) is 0 Å². The minimum atomic E-state index is 0. The van der Waals surface area contributed by atoms with Crippen molar-refractivity contribution in [2.45, 2.75) is 58.2 Å². The Labute approximate surface area is 210 Å². The van der Waals surface area contributed by atoms with Gasteiger partial charge in [-0.3, -0.25) is 9.56 Å². The highest BCUT2D eigenvalue weighted by atomic mass is 127. The summed E-state index contributed by atoms with van der Waals surface area (Å²) < 4.78 is 3.42. The molecule has 4 rings (SSSR count). The Hall–Kier alpha value is -1.82. The van der Waals surface area contributed by atoms with Crippen molar-refractivity contribution < 1.29 is 0 Å². The van der Waals surface area contributed by atoms with Crippen molar-refractivity contribution in [1.29, 1.82) is 0 Å². The molecule has 2 aromatic rings. The fourth-order valence-electron chi connectivity index (χ4n) is 4.20. The van der Waals surface area contributed by atoms with Gasteiger partial charge in [0.2, 0.25) is 0 Å². The minimum absolute atomic E-state index is 0. The molecule has 0 saturated carbocycles. The van der Waals surface area contributed by atoms with E-state index in [1.807, 2.05) is 16.7 Å². The van der Waals surface area contributed by atoms with Gasteiger partial charge in [-0.1, -0.05) is 11.6 Å². The summed E-state index contributed by atoms with van der Waals surface area (Å²) in [5.74, 6) is 2.56. The van der Waals surface area contributed by atoms with Gasteiger partial charge < -0.3 is 15.5 Å². The summed E-state index contributed by atoms with van der Waals surface area (Å²) >= 11 is 6.30. The summed E-state index contributed by atoms with van der Waals surface area (Å²) in [6, 6.07) is 4.00. The first-order valence-electron chi connectivity index (χ1n) is 11.2. The summed E-state index contributed by atoms with van der Waals surface area (Å²) in [5.41, 5.74) is 0.0166. The third-order valence-corrected chi connectivity index (χ3v) is 6.04. The third-order valence-electron chi connectivity index (χ3n) is 5.74. The van der Waals surface area contributed by atoms with Gasteiger partial charge in [0, 0.05) is 57.9 Å². The summed E-state index contributed by atoms with van der Waals surface area (Å²) in [6.45, 7) is 6.60. The van der Waals surface area contributed by atoms with E-state index in [9.17, 15) is 4.79 Å². The molecule has 2 N–H and O–H groups in total. The maximum Gasteiger partial charge on any atom is 0.345 e. The molecule has 0 spiro atoms. The molecule has 1 saturated heterocycles. The molecule has 0 aromatic carbocycles. The van der Waals surface area contributed by atoms with E-state index in [2.05, 4.69) is 32.5 Å². The highest BCUT2D eigenvalue weighted by Gasteiger charge is 2.25. The quantitative estimate of drug-likeness (QED) is 0.228. The van der Waals surface area contributed by atoms with E-state index in [0.29, 0.717) is 18.1 Å². The average Bonchev–Trinajstić information content (AvgIpc) is 3.36. The number of halogens is 2. The van der Waals surface area contributed by atoms with Crippen LogP contribution >= 0.6 is 35.6 Å². The van der Waals surface area contributed by atoms with Crippen molar-refractivity contribution in [3.63, 3.8) is 0 Å². The molecule has 9 nitrogen and oxygen atoms in total. The fourth-order valence-corrected chi connectivity index (χ4v) is 4.44. The maximum absolute atomic E-state index is 12.4. The molecule has 2 aromatic heterocycles. The van der Waals surface area contributed by atoms with Crippen LogP contribution in [0.2, 0.25) is 5.02 Å². The van der Waals surface area contributed by atoms with Gasteiger partial charge in [-0.25, -0.2) is 14.5 Å². The Morgan fingerprint density at radius 1 is 1.34 bits per heavy atom. The lowest BCUT2D eigenvalue weighted by molar-refractivity contribution is 0.509. The van der Waals surface area contributed by atoms with Gasteiger partial charge in [0.15, 0.2) is 5.96 Å². The lowest BCUT2D eigenvalue weighted by Crippen LogP contribution is -2.44. The molecule has 2 aliphatic heterocycles. The Balaban J connectivity index is 0.00000289. The lowest BCUT2D eigenvalue weighted by Gasteiger charge is -2.20. The zero-order chi connectivity index (χ0) is 21.6. The van der Waals surface area contributed by atoms with Gasteiger partial charge in [0.05, 0.1) is 5.02 Å². The van der Waals surface area contributed by atoms with E-state index in [1.54, 1.807) is 10.9 Å². The van der Waals surface area contributed by atoms with Crippen LogP contribution in [0.25, 0.3) is 0 Å². The summed E-state index contributed by atoms with van der Waals surface area (Å²) in [7, 11) is 0. The molecule has 1 unspecified atom stereocenters. The number of nitrogens with zero attached hydrogens (tertiary/aromatic N) is 6. The fraction of sp³-hybridized carbons (Fsp3) is 0.619. The zero-order valence-electron chi connectivity index (χ0n) is 18.5. The first-order chi connectivity index (χ1) is 15.2. The van der Waals surface area contributed by atoms with E-state index in [4.69, 9.17) is 16.6 Å². The first kappa shape index (κ1) is 24.8. The molecule has 0 amide bonds. The largest absolute Gasteiger partial charge is 0.357 e. The normalized spacial score (nSPS) is 18.2. The van der Waals surface area contributed by atoms with Gasteiger partial charge in [-0.15, -0.1) is 24.0 Å². The van der Waals surface area contributed by atoms with Crippen molar-refractivity contribution in [3.05, 3.63) is 39.7 Å². The monoisotopic (exact) mass is 574 g/mol. The standard InChI is InChI=1S/C21H31ClN8O.HI/c1-2-23-20(26-16-9-14-28(15-16)19-17(22)7-5-10-24-19)25-11-6-13-30-21(31)29-12-4-3-8-18(29)27-30;/h5,7,10,16H,2-4,6,8-9,11-15H2,1H3,(H2,23,25,26);1H. The van der Waals surface area contributed by atoms with Crippen molar-refractivity contribution in [3.8, 4) is 0 Å². The summed E-state index contributed by atoms with van der Waals surface area (Å²) in [4.78, 5) is 23.8. The number of aliphatic imine (C=N–C) groups is 1. The molecule has 1 fully saturated rings. The van der Waals surface area contributed by atoms with Gasteiger partial charge in [-0.05, 0) is 44.7 Å². The smallest absolute Gasteiger partial charge is 0.345 e. The molecule has 0 radical (unpaired) electrons. The molecule has 4 heterocycles. The zero-order valence-corrected chi connectivity index (χ0v) is 21.6. The van der Waals surface area contributed by atoms with Crippen molar-refractivity contribution in [2.75, 3.05) is 31.1 Å². The molecule has 32 heavy (non-hydrogen) atoms. The van der Waals surface area contributed by atoms with E-state index in [0.717, 1.165) is 75.9 Å². The van der Waals surface area contributed by atoms with Crippen LogP contribution in [0.5, 0.6) is 0 Å². The van der Waals surface area contributed by atoms with Crippen molar-refractivity contribution in [2.24, 2.45) is 4.99 Å². The average molecular weight is 575 g/mol. The Bertz CT molecular complexity index is 975. The maximum atomic E-state index is 12.4. The number of anilines is 1. The van der Waals surface area contributed by atoms with Gasteiger partial charge in [-0.2, -0.15) is 5.10 Å². The molecule has 0 bridgehead atoms. The number of fused-ring (bicyclic) bond motifs is 1. The number of aromatic nitrogens is 4. The molecule has 2 aliphatic rings. The predicted octanol–water partition coefficient (Wildman–Crippen LogP) is 2.27. The Morgan fingerprint density at radius 2 is 2.22 bits per heavy atom. The van der Waals surface area contributed by atoms with Crippen LogP contribution in [0.3, 0.4) is 0 Å². The van der Waals surface area contributed by atoms with Gasteiger partial charge in [0.25, 0.3) is 0 Å². The Kier molecular flexibility index (Phi) is 9.21. The number of rotatable bonds is 7. The molecule has 176 valence electrons. The number of hydrogen-bond acceptors (Lipinski definition) is 5. The molecule has 0 aliphatic carbocycles. The van der Waals surface area contributed by atoms with E-state index < -0.39 is 0 Å². The van der Waals surface area contributed by atoms with Gasteiger partial charge in [0.1, 0.15) is 11.6 Å². The number of nitrogens with one attached hydrogen (secondary N) is 2. The van der Waals surface area contributed by atoms with Crippen LogP contribution in [-0.4, -0.2) is 57.5 Å². The second-order valence-corrected chi connectivity index (χ2v) is 8.44. The molecular formula is C21H32ClIN8O. The van der Waals surface area contributed by atoms with Crippen LogP contribution in [0.15, 0.2) is 28.1 Å². The number of pyridine rings is 1. The van der Waals surface area contributed by atoms with Crippen molar-refractivity contribution in [1.82, 2.24) is 30.0 Å². The van der Waals surface area contributed by atoms with Crippen LogP contribution in [-0.2, 0) is 19.5 Å². The predicted molar refractivity (Wildman–Crippen MR) is 138 cm³/mol. The number of hydrogen-bond donors (Lipinski definition) is 2. The van der Waals surface area contributed by atoms with E-state index in [-0.39, 0.29) is 35.7 Å². The minimum Gasteiger partial charge on any atom is -0.357 e. The third kappa shape index (κ3) is 5.94. The topological polar surface area (TPSA) is 92.4 Å². The SMILES string of the molecule is CCNC(=NCCCn1nc2n(c1=O)CCCC2)NC1CCN(c2ncccc2Cl)C1.I. The molecule has 1 atom stereocenters. The Morgan fingerprint density at radius 3 is 3.00 bits per heavy atom. The first-order valence-corrected chi connectivity index (χ1v) is 11.6. The lowest BCUT2D eigenvalue weighted by atomic mass is 10.2.